The summed E-state index contributed by atoms with van der Waals surface area (Å²) in [6.45, 7) is 1.07. The lowest BCUT2D eigenvalue weighted by Crippen LogP contribution is -2.39. The third kappa shape index (κ3) is 3.31. The van der Waals surface area contributed by atoms with Gasteiger partial charge in [-0.1, -0.05) is 28.8 Å². The second-order valence-corrected chi connectivity index (χ2v) is 7.60. The number of halogens is 2. The topological polar surface area (TPSA) is 3.24 Å². The molecule has 0 N–H and O–H groups in total. The van der Waals surface area contributed by atoms with Gasteiger partial charge in [-0.05, 0) is 41.9 Å². The summed E-state index contributed by atoms with van der Waals surface area (Å²) in [5.74, 6) is 0. The second-order valence-electron chi connectivity index (χ2n) is 4.51. The van der Waals surface area contributed by atoms with Crippen LogP contribution >= 0.6 is 43.2 Å². The van der Waals surface area contributed by atoms with E-state index in [-0.39, 0.29) is 0 Å². The molecule has 0 aliphatic heterocycles. The Morgan fingerprint density at radius 3 is 2.81 bits per heavy atom. The zero-order chi connectivity index (χ0) is 11.5. The van der Waals surface area contributed by atoms with Crippen molar-refractivity contribution in [1.29, 1.82) is 0 Å². The first kappa shape index (κ1) is 13.1. The van der Waals surface area contributed by atoms with Gasteiger partial charge in [0.05, 0.1) is 0 Å². The maximum Gasteiger partial charge on any atom is 0.0328 e. The van der Waals surface area contributed by atoms with E-state index in [1.165, 1.54) is 35.0 Å². The summed E-state index contributed by atoms with van der Waals surface area (Å²) in [7, 11) is 2.25. The van der Waals surface area contributed by atoms with Crippen LogP contribution in [0.5, 0.6) is 0 Å². The lowest BCUT2D eigenvalue weighted by molar-refractivity contribution is 0.194. The molecule has 1 heterocycles. The molecule has 1 aliphatic rings. The van der Waals surface area contributed by atoms with Crippen molar-refractivity contribution in [3.63, 3.8) is 0 Å². The van der Waals surface area contributed by atoms with Crippen LogP contribution in [0, 0.1) is 0 Å². The van der Waals surface area contributed by atoms with Gasteiger partial charge in [0.25, 0.3) is 0 Å². The third-order valence-corrected chi connectivity index (χ3v) is 5.99. The first-order chi connectivity index (χ1) is 7.66. The molecule has 16 heavy (non-hydrogen) atoms. The summed E-state index contributed by atoms with van der Waals surface area (Å²) in [6, 6.07) is 2.93. The summed E-state index contributed by atoms with van der Waals surface area (Å²) in [5, 5.41) is 2.16. The molecule has 2 unspecified atom stereocenters. The van der Waals surface area contributed by atoms with Crippen molar-refractivity contribution in [1.82, 2.24) is 4.90 Å². The fraction of sp³-hybridized carbons (Fsp3) is 0.667. The van der Waals surface area contributed by atoms with Gasteiger partial charge in [-0.2, -0.15) is 0 Å². The fourth-order valence-electron chi connectivity index (χ4n) is 2.36. The number of rotatable bonds is 3. The van der Waals surface area contributed by atoms with Crippen molar-refractivity contribution in [2.24, 2.45) is 0 Å². The van der Waals surface area contributed by atoms with Crippen LogP contribution in [0.4, 0.5) is 0 Å². The average Bonchev–Trinajstić information content (AvgIpc) is 2.64. The highest BCUT2D eigenvalue weighted by Crippen LogP contribution is 2.29. The highest BCUT2D eigenvalue weighted by atomic mass is 79.9. The molecule has 1 nitrogen and oxygen atoms in total. The van der Waals surface area contributed by atoms with Crippen molar-refractivity contribution >= 4 is 43.2 Å². The minimum Gasteiger partial charge on any atom is -0.297 e. The van der Waals surface area contributed by atoms with Crippen LogP contribution in [0.3, 0.4) is 0 Å². The predicted molar refractivity (Wildman–Crippen MR) is 78.5 cm³/mol. The van der Waals surface area contributed by atoms with E-state index in [1.54, 1.807) is 0 Å². The second kappa shape index (κ2) is 5.98. The zero-order valence-corrected chi connectivity index (χ0v) is 13.4. The van der Waals surface area contributed by atoms with Crippen LogP contribution in [-0.4, -0.2) is 22.8 Å². The Bertz CT molecular complexity index is 340. The van der Waals surface area contributed by atoms with Crippen LogP contribution < -0.4 is 0 Å². The molecule has 2 atom stereocenters. The quantitative estimate of drug-likeness (QED) is 0.704. The monoisotopic (exact) mass is 365 g/mol. The molecule has 0 spiro atoms. The van der Waals surface area contributed by atoms with Crippen LogP contribution in [0.15, 0.2) is 15.9 Å². The lowest BCUT2D eigenvalue weighted by Gasteiger charge is -2.34. The fourth-order valence-corrected chi connectivity index (χ4v) is 4.87. The largest absolute Gasteiger partial charge is 0.297 e. The SMILES string of the molecule is CN(Cc1cc(Br)cs1)C1CCCCC1Br. The van der Waals surface area contributed by atoms with E-state index in [2.05, 4.69) is 55.3 Å². The smallest absolute Gasteiger partial charge is 0.0328 e. The number of nitrogens with zero attached hydrogens (tertiary/aromatic N) is 1. The van der Waals surface area contributed by atoms with Crippen LogP contribution in [0.1, 0.15) is 30.6 Å². The molecule has 1 aromatic heterocycles. The molecular weight excluding hydrogens is 350 g/mol. The molecule has 0 radical (unpaired) electrons. The summed E-state index contributed by atoms with van der Waals surface area (Å²) in [5.41, 5.74) is 0. The van der Waals surface area contributed by atoms with Gasteiger partial charge in [0.15, 0.2) is 0 Å². The molecule has 4 heteroatoms. The molecule has 0 aromatic carbocycles. The highest BCUT2D eigenvalue weighted by Gasteiger charge is 2.26. The molecule has 2 rings (SSSR count). The van der Waals surface area contributed by atoms with Gasteiger partial charge in [-0.15, -0.1) is 11.3 Å². The van der Waals surface area contributed by atoms with E-state index in [9.17, 15) is 0 Å². The molecule has 1 fully saturated rings. The van der Waals surface area contributed by atoms with E-state index in [1.807, 2.05) is 11.3 Å². The first-order valence-electron chi connectivity index (χ1n) is 5.74. The Hall–Kier alpha value is 0.620. The summed E-state index contributed by atoms with van der Waals surface area (Å²) in [6.07, 6.45) is 5.41. The minimum absolute atomic E-state index is 0.676. The maximum atomic E-state index is 3.83. The summed E-state index contributed by atoms with van der Waals surface area (Å²) >= 11 is 9.18. The number of hydrogen-bond acceptors (Lipinski definition) is 2. The molecule has 90 valence electrons. The van der Waals surface area contributed by atoms with Crippen molar-refractivity contribution in [3.8, 4) is 0 Å². The normalized spacial score (nSPS) is 26.2. The van der Waals surface area contributed by atoms with E-state index in [0.29, 0.717) is 10.9 Å². The highest BCUT2D eigenvalue weighted by molar-refractivity contribution is 9.10. The summed E-state index contributed by atoms with van der Waals surface area (Å²) < 4.78 is 1.21. The number of thiophene rings is 1. The standard InChI is InChI=1S/C12H17Br2NS/c1-15(7-10-6-9(13)8-16-10)12-5-3-2-4-11(12)14/h6,8,11-12H,2-5,7H2,1H3. The van der Waals surface area contributed by atoms with E-state index < -0.39 is 0 Å². The van der Waals surface area contributed by atoms with Crippen molar-refractivity contribution in [3.05, 3.63) is 20.8 Å². The Balaban J connectivity index is 1.93. The predicted octanol–water partition coefficient (Wildman–Crippen LogP) is 4.65. The molecule has 1 aliphatic carbocycles. The van der Waals surface area contributed by atoms with Gasteiger partial charge >= 0.3 is 0 Å². The third-order valence-electron chi connectivity index (χ3n) is 3.24. The van der Waals surface area contributed by atoms with Gasteiger partial charge < -0.3 is 0 Å². The average molecular weight is 367 g/mol. The molecule has 0 saturated heterocycles. The minimum atomic E-state index is 0.676. The van der Waals surface area contributed by atoms with E-state index in [0.717, 1.165) is 6.54 Å². The van der Waals surface area contributed by atoms with Gasteiger partial charge in [-0.25, -0.2) is 0 Å². The van der Waals surface area contributed by atoms with Crippen molar-refractivity contribution in [2.45, 2.75) is 43.1 Å². The van der Waals surface area contributed by atoms with Crippen molar-refractivity contribution in [2.75, 3.05) is 7.05 Å². The zero-order valence-electron chi connectivity index (χ0n) is 9.46. The van der Waals surface area contributed by atoms with Gasteiger partial charge in [0, 0.05) is 32.1 Å². The maximum absolute atomic E-state index is 3.83. The van der Waals surface area contributed by atoms with Gasteiger partial charge in [0.2, 0.25) is 0 Å². The first-order valence-corrected chi connectivity index (χ1v) is 8.33. The van der Waals surface area contributed by atoms with E-state index in [4.69, 9.17) is 0 Å². The number of alkyl halides is 1. The number of hydrogen-bond donors (Lipinski definition) is 0. The van der Waals surface area contributed by atoms with Crippen LogP contribution in [0.25, 0.3) is 0 Å². The Morgan fingerprint density at radius 2 is 2.19 bits per heavy atom. The van der Waals surface area contributed by atoms with Gasteiger partial charge in [-0.3, -0.25) is 4.90 Å². The van der Waals surface area contributed by atoms with Crippen molar-refractivity contribution < 1.29 is 0 Å². The summed E-state index contributed by atoms with van der Waals surface area (Å²) in [4.78, 5) is 4.62. The molecule has 0 bridgehead atoms. The Morgan fingerprint density at radius 1 is 1.44 bits per heavy atom. The Labute approximate surface area is 118 Å². The lowest BCUT2D eigenvalue weighted by atomic mass is 9.94. The Kier molecular flexibility index (Phi) is 4.89. The molecular formula is C12H17Br2NS. The molecule has 1 aromatic rings. The van der Waals surface area contributed by atoms with E-state index >= 15 is 0 Å². The molecule has 0 amide bonds. The van der Waals surface area contributed by atoms with Crippen LogP contribution in [0.2, 0.25) is 0 Å². The van der Waals surface area contributed by atoms with Crippen LogP contribution in [-0.2, 0) is 6.54 Å². The van der Waals surface area contributed by atoms with Gasteiger partial charge in [0.1, 0.15) is 0 Å². The molecule has 1 saturated carbocycles.